The summed E-state index contributed by atoms with van der Waals surface area (Å²) in [6, 6.07) is 20.8. The average Bonchev–Trinajstić information content (AvgIpc) is 2.73. The number of amides is 2. The zero-order chi connectivity index (χ0) is 21.5. The van der Waals surface area contributed by atoms with Crippen molar-refractivity contribution in [1.29, 1.82) is 0 Å². The molecule has 0 heterocycles. The van der Waals surface area contributed by atoms with Crippen molar-refractivity contribution in [3.63, 3.8) is 0 Å². The molecule has 0 aliphatic rings. The van der Waals surface area contributed by atoms with Crippen LogP contribution in [0.1, 0.15) is 19.8 Å². The van der Waals surface area contributed by atoms with Crippen LogP contribution in [0.5, 0.6) is 0 Å². The molecule has 1 atom stereocenters. The molecule has 0 aromatic heterocycles. The number of hydrogen-bond donors (Lipinski definition) is 3. The van der Waals surface area contributed by atoms with Crippen LogP contribution in [0.25, 0.3) is 10.8 Å². The first-order valence-corrected chi connectivity index (χ1v) is 10.4. The van der Waals surface area contributed by atoms with E-state index in [1.54, 1.807) is 18.2 Å². The number of nitrogens with one attached hydrogen (secondary N) is 2. The Morgan fingerprint density at radius 1 is 0.933 bits per heavy atom. The summed E-state index contributed by atoms with van der Waals surface area (Å²) in [7, 11) is 0. The van der Waals surface area contributed by atoms with Gasteiger partial charge in [0, 0.05) is 28.1 Å². The van der Waals surface area contributed by atoms with Gasteiger partial charge in [-0.15, -0.1) is 11.8 Å². The van der Waals surface area contributed by atoms with E-state index in [1.807, 2.05) is 55.5 Å². The smallest absolute Gasteiger partial charge is 0.303 e. The minimum Gasteiger partial charge on any atom is -0.481 e. The van der Waals surface area contributed by atoms with Gasteiger partial charge in [0.1, 0.15) is 0 Å². The third kappa shape index (κ3) is 5.84. The minimum absolute atomic E-state index is 0.0868. The summed E-state index contributed by atoms with van der Waals surface area (Å²) < 4.78 is 0. The van der Waals surface area contributed by atoms with Crippen molar-refractivity contribution in [3.05, 3.63) is 66.7 Å². The van der Waals surface area contributed by atoms with Crippen molar-refractivity contribution in [2.45, 2.75) is 29.9 Å². The van der Waals surface area contributed by atoms with Gasteiger partial charge in [0.25, 0.3) is 0 Å². The maximum absolute atomic E-state index is 12.7. The second kappa shape index (κ2) is 9.93. The minimum atomic E-state index is -1.01. The van der Waals surface area contributed by atoms with E-state index in [0.717, 1.165) is 21.4 Å². The predicted molar refractivity (Wildman–Crippen MR) is 120 cm³/mol. The number of thioether (sulfide) groups is 1. The van der Waals surface area contributed by atoms with Crippen LogP contribution >= 0.6 is 11.8 Å². The van der Waals surface area contributed by atoms with Crippen LogP contribution in [0.15, 0.2) is 71.6 Å². The van der Waals surface area contributed by atoms with Gasteiger partial charge in [-0.2, -0.15) is 0 Å². The summed E-state index contributed by atoms with van der Waals surface area (Å²) in [5.41, 5.74) is 1.34. The highest BCUT2D eigenvalue weighted by Crippen LogP contribution is 2.28. The van der Waals surface area contributed by atoms with Crippen molar-refractivity contribution in [1.82, 2.24) is 0 Å². The first-order chi connectivity index (χ1) is 14.4. The SMILES string of the molecule is CC(Sc1cccc(NC(=O)CCC(=O)O)c1)C(=O)Nc1cccc2ccccc12. The molecule has 0 saturated carbocycles. The van der Waals surface area contributed by atoms with Gasteiger partial charge in [0.2, 0.25) is 11.8 Å². The quantitative estimate of drug-likeness (QED) is 0.455. The summed E-state index contributed by atoms with van der Waals surface area (Å²) >= 11 is 1.38. The summed E-state index contributed by atoms with van der Waals surface area (Å²) in [6.45, 7) is 1.82. The fraction of sp³-hybridized carbons (Fsp3) is 0.174. The molecule has 0 bridgehead atoms. The molecular weight excluding hydrogens is 400 g/mol. The van der Waals surface area contributed by atoms with E-state index in [2.05, 4.69) is 10.6 Å². The van der Waals surface area contributed by atoms with Crippen LogP contribution in [0.4, 0.5) is 11.4 Å². The summed E-state index contributed by atoms with van der Waals surface area (Å²) in [6.07, 6.45) is -0.303. The molecule has 2 amide bonds. The maximum Gasteiger partial charge on any atom is 0.303 e. The highest BCUT2D eigenvalue weighted by molar-refractivity contribution is 8.00. The number of benzene rings is 3. The van der Waals surface area contributed by atoms with Crippen molar-refractivity contribution in [2.75, 3.05) is 10.6 Å². The largest absolute Gasteiger partial charge is 0.481 e. The number of carboxylic acid groups (broad SMARTS) is 1. The normalized spacial score (nSPS) is 11.6. The van der Waals surface area contributed by atoms with E-state index in [1.165, 1.54) is 11.8 Å². The first-order valence-electron chi connectivity index (χ1n) is 9.49. The molecule has 0 aliphatic carbocycles. The Labute approximate surface area is 178 Å². The number of fused-ring (bicyclic) bond motifs is 1. The molecule has 0 saturated heterocycles. The summed E-state index contributed by atoms with van der Waals surface area (Å²) in [5.74, 6) is -1.49. The molecule has 3 aromatic rings. The van der Waals surface area contributed by atoms with Crippen LogP contribution < -0.4 is 10.6 Å². The topological polar surface area (TPSA) is 95.5 Å². The molecule has 1 unspecified atom stereocenters. The molecule has 7 heteroatoms. The predicted octanol–water partition coefficient (Wildman–Crippen LogP) is 4.76. The fourth-order valence-corrected chi connectivity index (χ4v) is 3.84. The van der Waals surface area contributed by atoms with E-state index >= 15 is 0 Å². The standard InChI is InChI=1S/C23H22N2O4S/c1-15(23(29)25-20-11-4-7-16-6-2-3-10-19(16)20)30-18-9-5-8-17(14-18)24-21(26)12-13-22(27)28/h2-11,14-15H,12-13H2,1H3,(H,24,26)(H,25,29)(H,27,28). The van der Waals surface area contributed by atoms with Gasteiger partial charge in [0.05, 0.1) is 11.7 Å². The summed E-state index contributed by atoms with van der Waals surface area (Å²) in [5, 5.41) is 16.0. The Morgan fingerprint density at radius 2 is 1.67 bits per heavy atom. The molecule has 0 aliphatic heterocycles. The van der Waals surface area contributed by atoms with Crippen molar-refractivity contribution >= 4 is 51.7 Å². The second-order valence-corrected chi connectivity index (χ2v) is 8.16. The molecule has 3 N–H and O–H groups in total. The first kappa shape index (κ1) is 21.4. The molecule has 6 nitrogen and oxygen atoms in total. The van der Waals surface area contributed by atoms with Gasteiger partial charge in [-0.1, -0.05) is 42.5 Å². The Hall–Kier alpha value is -3.32. The Kier molecular flexibility index (Phi) is 7.08. The zero-order valence-corrected chi connectivity index (χ0v) is 17.2. The highest BCUT2D eigenvalue weighted by atomic mass is 32.2. The lowest BCUT2D eigenvalue weighted by atomic mass is 10.1. The number of carbonyl (C=O) groups is 3. The highest BCUT2D eigenvalue weighted by Gasteiger charge is 2.16. The van der Waals surface area contributed by atoms with Gasteiger partial charge in [0.15, 0.2) is 0 Å². The third-order valence-electron chi connectivity index (χ3n) is 4.41. The van der Waals surface area contributed by atoms with E-state index in [9.17, 15) is 14.4 Å². The number of carboxylic acids is 1. The van der Waals surface area contributed by atoms with Gasteiger partial charge in [-0.05, 0) is 36.6 Å². The number of anilines is 2. The van der Waals surface area contributed by atoms with E-state index in [4.69, 9.17) is 5.11 Å². The summed E-state index contributed by atoms with van der Waals surface area (Å²) in [4.78, 5) is 35.9. The monoisotopic (exact) mass is 422 g/mol. The van der Waals surface area contributed by atoms with Gasteiger partial charge >= 0.3 is 5.97 Å². The van der Waals surface area contributed by atoms with Gasteiger partial charge < -0.3 is 15.7 Å². The molecule has 0 fully saturated rings. The lowest BCUT2D eigenvalue weighted by molar-refractivity contribution is -0.138. The Balaban J connectivity index is 1.62. The number of rotatable bonds is 8. The molecular formula is C23H22N2O4S. The van der Waals surface area contributed by atoms with Crippen LogP contribution in [0, 0.1) is 0 Å². The second-order valence-electron chi connectivity index (χ2n) is 6.75. The fourth-order valence-electron chi connectivity index (χ4n) is 2.92. The number of carbonyl (C=O) groups excluding carboxylic acids is 2. The van der Waals surface area contributed by atoms with Gasteiger partial charge in [-0.25, -0.2) is 0 Å². The van der Waals surface area contributed by atoms with Crippen molar-refractivity contribution in [3.8, 4) is 0 Å². The number of hydrogen-bond acceptors (Lipinski definition) is 4. The van der Waals surface area contributed by atoms with E-state index in [0.29, 0.717) is 5.69 Å². The van der Waals surface area contributed by atoms with E-state index in [-0.39, 0.29) is 29.9 Å². The van der Waals surface area contributed by atoms with Crippen LogP contribution in [0.2, 0.25) is 0 Å². The Morgan fingerprint density at radius 3 is 2.47 bits per heavy atom. The lowest BCUT2D eigenvalue weighted by Gasteiger charge is -2.14. The Bertz CT molecular complexity index is 1080. The molecule has 3 aromatic carbocycles. The molecule has 0 radical (unpaired) electrons. The maximum atomic E-state index is 12.7. The molecule has 30 heavy (non-hydrogen) atoms. The number of aliphatic carboxylic acids is 1. The third-order valence-corrected chi connectivity index (χ3v) is 5.51. The van der Waals surface area contributed by atoms with Crippen molar-refractivity contribution < 1.29 is 19.5 Å². The van der Waals surface area contributed by atoms with Crippen LogP contribution in [-0.4, -0.2) is 28.1 Å². The molecule has 3 rings (SSSR count). The molecule has 154 valence electrons. The van der Waals surface area contributed by atoms with Crippen molar-refractivity contribution in [2.24, 2.45) is 0 Å². The van der Waals surface area contributed by atoms with Gasteiger partial charge in [-0.3, -0.25) is 14.4 Å². The molecule has 0 spiro atoms. The van der Waals surface area contributed by atoms with E-state index < -0.39 is 5.97 Å². The average molecular weight is 423 g/mol. The lowest BCUT2D eigenvalue weighted by Crippen LogP contribution is -2.22. The zero-order valence-electron chi connectivity index (χ0n) is 16.4. The van der Waals surface area contributed by atoms with Crippen LogP contribution in [0.3, 0.4) is 0 Å². The van der Waals surface area contributed by atoms with Crippen LogP contribution in [-0.2, 0) is 14.4 Å².